The molecule has 1 aliphatic heterocycles. The van der Waals surface area contributed by atoms with Crippen LogP contribution in [-0.2, 0) is 23.2 Å². The Hall–Kier alpha value is -3.44. The van der Waals surface area contributed by atoms with Gasteiger partial charge in [0.15, 0.2) is 0 Å². The summed E-state index contributed by atoms with van der Waals surface area (Å²) < 4.78 is 14.2. The molecule has 4 nitrogen and oxygen atoms in total. The maximum absolute atomic E-state index is 14.2. The summed E-state index contributed by atoms with van der Waals surface area (Å²) in [4.78, 5) is 22.2. The minimum Gasteiger partial charge on any atom is -0.356 e. The van der Waals surface area contributed by atoms with E-state index in [1.165, 1.54) is 28.3 Å². The number of aromatic amines is 1. The van der Waals surface area contributed by atoms with Crippen molar-refractivity contribution in [2.75, 3.05) is 20.6 Å². The topological polar surface area (TPSA) is 39.3 Å². The number of carbonyl (C=O) groups excluding carboxylic acids is 1. The molecule has 1 atom stereocenters. The van der Waals surface area contributed by atoms with Gasteiger partial charge in [0.25, 0.3) is 0 Å². The highest BCUT2D eigenvalue weighted by Gasteiger charge is 2.49. The average molecular weight is 524 g/mol. The number of nitrogens with one attached hydrogen (secondary N) is 1. The lowest BCUT2D eigenvalue weighted by Gasteiger charge is -2.52. The van der Waals surface area contributed by atoms with Gasteiger partial charge in [-0.3, -0.25) is 4.79 Å². The van der Waals surface area contributed by atoms with Gasteiger partial charge in [-0.25, -0.2) is 4.39 Å². The van der Waals surface area contributed by atoms with Crippen LogP contribution in [0, 0.1) is 11.7 Å². The fraction of sp³-hybridized carbons (Fsp3) is 0.382. The van der Waals surface area contributed by atoms with Crippen LogP contribution in [0.4, 0.5) is 4.39 Å². The van der Waals surface area contributed by atoms with Crippen molar-refractivity contribution >= 4 is 16.8 Å². The third-order valence-corrected chi connectivity index (χ3v) is 9.20. The summed E-state index contributed by atoms with van der Waals surface area (Å²) in [6.07, 6.45) is 5.95. The number of aryl methyl sites for hydroxylation is 1. The van der Waals surface area contributed by atoms with Crippen LogP contribution in [0.5, 0.6) is 0 Å². The van der Waals surface area contributed by atoms with E-state index in [1.807, 2.05) is 30.3 Å². The molecule has 0 radical (unpaired) electrons. The van der Waals surface area contributed by atoms with Crippen molar-refractivity contribution < 1.29 is 9.18 Å². The Morgan fingerprint density at radius 3 is 2.51 bits per heavy atom. The van der Waals surface area contributed by atoms with Gasteiger partial charge < -0.3 is 14.8 Å². The number of halogens is 1. The number of benzene rings is 3. The normalized spacial score (nSPS) is 21.8. The molecule has 1 amide bonds. The highest BCUT2D eigenvalue weighted by atomic mass is 19.1. The first-order valence-electron chi connectivity index (χ1n) is 14.3. The highest BCUT2D eigenvalue weighted by Crippen LogP contribution is 2.51. The number of rotatable bonds is 6. The summed E-state index contributed by atoms with van der Waals surface area (Å²) in [6.45, 7) is 0.758. The van der Waals surface area contributed by atoms with Crippen molar-refractivity contribution in [1.82, 2.24) is 14.8 Å². The van der Waals surface area contributed by atoms with Gasteiger partial charge in [0.1, 0.15) is 5.82 Å². The first-order valence-corrected chi connectivity index (χ1v) is 14.3. The van der Waals surface area contributed by atoms with Crippen LogP contribution in [0.2, 0.25) is 0 Å². The number of hydrogen-bond donors (Lipinski definition) is 1. The number of H-pyrrole nitrogens is 1. The fourth-order valence-corrected chi connectivity index (χ4v) is 7.46. The molecule has 0 saturated heterocycles. The molecule has 202 valence electrons. The Bertz CT molecular complexity index is 1450. The van der Waals surface area contributed by atoms with E-state index in [4.69, 9.17) is 0 Å². The minimum absolute atomic E-state index is 0.144. The Morgan fingerprint density at radius 1 is 1.03 bits per heavy atom. The highest BCUT2D eigenvalue weighted by molar-refractivity contribution is 5.86. The lowest BCUT2D eigenvalue weighted by atomic mass is 9.68. The quantitative estimate of drug-likeness (QED) is 0.295. The van der Waals surface area contributed by atoms with Crippen molar-refractivity contribution in [3.8, 4) is 0 Å². The van der Waals surface area contributed by atoms with E-state index >= 15 is 0 Å². The molecule has 5 heteroatoms. The number of amides is 1. The van der Waals surface area contributed by atoms with Gasteiger partial charge in [-0.1, -0.05) is 60.7 Å². The van der Waals surface area contributed by atoms with Gasteiger partial charge in [0.2, 0.25) is 5.91 Å². The number of hydrogen-bond acceptors (Lipinski definition) is 2. The first kappa shape index (κ1) is 25.8. The number of fused-ring (bicyclic) bond motifs is 4. The monoisotopic (exact) mass is 523 g/mol. The first-order chi connectivity index (χ1) is 19.0. The third kappa shape index (κ3) is 4.78. The molecular formula is C34H38FN3O. The van der Waals surface area contributed by atoms with Gasteiger partial charge in [0, 0.05) is 35.6 Å². The zero-order valence-corrected chi connectivity index (χ0v) is 23.0. The second-order valence-electron chi connectivity index (χ2n) is 11.6. The third-order valence-electron chi connectivity index (χ3n) is 9.20. The average Bonchev–Trinajstić information content (AvgIpc) is 3.34. The van der Waals surface area contributed by atoms with E-state index in [0.717, 1.165) is 56.1 Å². The molecule has 2 aliphatic rings. The summed E-state index contributed by atoms with van der Waals surface area (Å²) in [5.74, 6) is 0.455. The Morgan fingerprint density at radius 2 is 1.77 bits per heavy atom. The number of aromatic nitrogens is 1. The van der Waals surface area contributed by atoms with Crippen LogP contribution in [0.25, 0.3) is 10.9 Å². The molecule has 2 heterocycles. The Kier molecular flexibility index (Phi) is 7.03. The second kappa shape index (κ2) is 10.6. The molecule has 3 aromatic carbocycles. The van der Waals surface area contributed by atoms with Gasteiger partial charge in [-0.2, -0.15) is 0 Å². The zero-order chi connectivity index (χ0) is 27.0. The standard InChI is InChI=1S/C34H38FN3O/c1-37(2)32(26-11-8-12-27(35)23-26)25-17-20-34(21-18-25)33-29(28-13-6-7-14-30(28)36-33)19-22-38(34)31(39)16-15-24-9-4-3-5-10-24/h3-14,23,25,32,36H,15-22H2,1-2H3. The van der Waals surface area contributed by atoms with Gasteiger partial charge in [-0.15, -0.1) is 0 Å². The van der Waals surface area contributed by atoms with E-state index in [1.54, 1.807) is 6.07 Å². The van der Waals surface area contributed by atoms with Crippen LogP contribution in [0.1, 0.15) is 60.5 Å². The van der Waals surface area contributed by atoms with Crippen LogP contribution in [0.3, 0.4) is 0 Å². The van der Waals surface area contributed by atoms with Crippen molar-refractivity contribution in [2.24, 2.45) is 5.92 Å². The number of carbonyl (C=O) groups is 1. The summed E-state index contributed by atoms with van der Waals surface area (Å²) in [5, 5.41) is 1.29. The van der Waals surface area contributed by atoms with E-state index in [0.29, 0.717) is 12.3 Å². The predicted molar refractivity (Wildman–Crippen MR) is 155 cm³/mol. The Labute approximate surface area is 230 Å². The number of para-hydroxylation sites is 1. The second-order valence-corrected chi connectivity index (χ2v) is 11.6. The largest absolute Gasteiger partial charge is 0.356 e. The maximum atomic E-state index is 14.2. The smallest absolute Gasteiger partial charge is 0.223 e. The molecule has 1 N–H and O–H groups in total. The lowest BCUT2D eigenvalue weighted by Crippen LogP contribution is -2.55. The molecule has 4 aromatic rings. The summed E-state index contributed by atoms with van der Waals surface area (Å²) in [7, 11) is 4.19. The van der Waals surface area contributed by atoms with Crippen LogP contribution in [-0.4, -0.2) is 41.3 Å². The summed E-state index contributed by atoms with van der Waals surface area (Å²) >= 11 is 0. The van der Waals surface area contributed by atoms with Crippen molar-refractivity contribution in [3.63, 3.8) is 0 Å². The summed E-state index contributed by atoms with van der Waals surface area (Å²) in [6, 6.07) is 26.1. The molecular weight excluding hydrogens is 485 g/mol. The van der Waals surface area contributed by atoms with E-state index in [9.17, 15) is 9.18 Å². The fourth-order valence-electron chi connectivity index (χ4n) is 7.46. The molecule has 1 aliphatic carbocycles. The molecule has 1 unspecified atom stereocenters. The van der Waals surface area contributed by atoms with E-state index in [2.05, 4.69) is 65.3 Å². The molecule has 1 spiro atoms. The lowest BCUT2D eigenvalue weighted by molar-refractivity contribution is -0.142. The molecule has 6 rings (SSSR count). The van der Waals surface area contributed by atoms with E-state index < -0.39 is 0 Å². The van der Waals surface area contributed by atoms with Crippen molar-refractivity contribution in [3.05, 3.63) is 107 Å². The van der Waals surface area contributed by atoms with Crippen molar-refractivity contribution in [1.29, 1.82) is 0 Å². The predicted octanol–water partition coefficient (Wildman–Crippen LogP) is 7.01. The minimum atomic E-state index is -0.324. The zero-order valence-electron chi connectivity index (χ0n) is 23.0. The molecule has 1 aromatic heterocycles. The molecule has 39 heavy (non-hydrogen) atoms. The number of nitrogens with zero attached hydrogens (tertiary/aromatic N) is 2. The van der Waals surface area contributed by atoms with Gasteiger partial charge >= 0.3 is 0 Å². The summed E-state index contributed by atoms with van der Waals surface area (Å²) in [5.41, 5.74) is 5.70. The van der Waals surface area contributed by atoms with Gasteiger partial charge in [-0.05, 0) is 93.4 Å². The van der Waals surface area contributed by atoms with Crippen LogP contribution in [0.15, 0.2) is 78.9 Å². The Balaban J connectivity index is 1.32. The maximum Gasteiger partial charge on any atom is 0.223 e. The van der Waals surface area contributed by atoms with Gasteiger partial charge in [0.05, 0.1) is 5.54 Å². The molecule has 1 fully saturated rings. The van der Waals surface area contributed by atoms with E-state index in [-0.39, 0.29) is 23.3 Å². The SMILES string of the molecule is CN(C)C(c1cccc(F)c1)C1CCC2(CC1)c1[nH]c3ccccc3c1CCN2C(=O)CCc1ccccc1. The van der Waals surface area contributed by atoms with Crippen LogP contribution >= 0.6 is 0 Å². The van der Waals surface area contributed by atoms with Crippen LogP contribution < -0.4 is 0 Å². The molecule has 0 bridgehead atoms. The van der Waals surface area contributed by atoms with Crippen molar-refractivity contribution in [2.45, 2.75) is 56.5 Å². The molecule has 1 saturated carbocycles.